The molecule has 0 bridgehead atoms. The third kappa shape index (κ3) is 4.85. The van der Waals surface area contributed by atoms with Gasteiger partial charge in [0.1, 0.15) is 0 Å². The molecule has 0 unspecified atom stereocenters. The van der Waals surface area contributed by atoms with Crippen LogP contribution in [0.2, 0.25) is 0 Å². The van der Waals surface area contributed by atoms with Gasteiger partial charge in [-0.1, -0.05) is 51.1 Å². The zero-order valence-electron chi connectivity index (χ0n) is 15.4. The van der Waals surface area contributed by atoms with Gasteiger partial charge in [0, 0.05) is 24.3 Å². The molecule has 3 heteroatoms. The highest BCUT2D eigenvalue weighted by Gasteiger charge is 2.13. The fourth-order valence-corrected chi connectivity index (χ4v) is 2.67. The Morgan fingerprint density at radius 3 is 2.08 bits per heavy atom. The van der Waals surface area contributed by atoms with Gasteiger partial charge in [0.05, 0.1) is 0 Å². The molecular weight excluding hydrogens is 296 g/mol. The van der Waals surface area contributed by atoms with Crippen molar-refractivity contribution in [2.24, 2.45) is 0 Å². The average molecular weight is 324 g/mol. The van der Waals surface area contributed by atoms with Crippen molar-refractivity contribution in [3.05, 3.63) is 59.2 Å². The number of rotatable bonds is 5. The van der Waals surface area contributed by atoms with E-state index < -0.39 is 0 Å². The van der Waals surface area contributed by atoms with Gasteiger partial charge in [-0.15, -0.1) is 0 Å². The minimum absolute atomic E-state index is 0.0252. The summed E-state index contributed by atoms with van der Waals surface area (Å²) < 4.78 is 0. The summed E-state index contributed by atoms with van der Waals surface area (Å²) in [6, 6.07) is 14.3. The van der Waals surface area contributed by atoms with Gasteiger partial charge in [-0.25, -0.2) is 0 Å². The van der Waals surface area contributed by atoms with Crippen molar-refractivity contribution < 1.29 is 4.79 Å². The average Bonchev–Trinajstić information content (AvgIpc) is 2.50. The van der Waals surface area contributed by atoms with Crippen LogP contribution in [-0.2, 0) is 10.2 Å². The van der Waals surface area contributed by atoms with Crippen molar-refractivity contribution >= 4 is 17.3 Å². The maximum atomic E-state index is 12.1. The second-order valence-electron chi connectivity index (χ2n) is 7.32. The van der Waals surface area contributed by atoms with E-state index in [0.717, 1.165) is 11.4 Å². The lowest BCUT2D eigenvalue weighted by Gasteiger charge is -2.19. The number of hydrogen-bond donors (Lipinski definition) is 2. The minimum Gasteiger partial charge on any atom is -0.384 e. The first-order valence-electron chi connectivity index (χ1n) is 8.48. The fourth-order valence-electron chi connectivity index (χ4n) is 2.67. The minimum atomic E-state index is 0.0252. The van der Waals surface area contributed by atoms with E-state index in [4.69, 9.17) is 0 Å². The second-order valence-corrected chi connectivity index (χ2v) is 7.32. The molecule has 0 atom stereocenters. The Morgan fingerprint density at radius 2 is 1.54 bits per heavy atom. The van der Waals surface area contributed by atoms with Gasteiger partial charge in [0.15, 0.2) is 0 Å². The van der Waals surface area contributed by atoms with Crippen LogP contribution < -0.4 is 10.6 Å². The Hall–Kier alpha value is -2.29. The Bertz CT molecular complexity index is 677. The molecule has 1 amide bonds. The third-order valence-electron chi connectivity index (χ3n) is 4.17. The van der Waals surface area contributed by atoms with Gasteiger partial charge < -0.3 is 10.6 Å². The maximum absolute atomic E-state index is 12.1. The summed E-state index contributed by atoms with van der Waals surface area (Å²) in [6.45, 7) is 11.3. The van der Waals surface area contributed by atoms with Crippen LogP contribution in [0.4, 0.5) is 11.4 Å². The van der Waals surface area contributed by atoms with E-state index in [2.05, 4.69) is 69.5 Å². The number of carbonyl (C=O) groups is 1. The van der Waals surface area contributed by atoms with Crippen molar-refractivity contribution in [3.63, 3.8) is 0 Å². The predicted molar refractivity (Wildman–Crippen MR) is 103 cm³/mol. The lowest BCUT2D eigenvalue weighted by Crippen LogP contribution is -2.17. The summed E-state index contributed by atoms with van der Waals surface area (Å²) in [5.41, 5.74) is 5.76. The Balaban J connectivity index is 1.85. The van der Waals surface area contributed by atoms with Crippen LogP contribution in [0.3, 0.4) is 0 Å². The van der Waals surface area contributed by atoms with Crippen LogP contribution in [-0.4, -0.2) is 12.5 Å². The van der Waals surface area contributed by atoms with Crippen LogP contribution in [0.5, 0.6) is 0 Å². The van der Waals surface area contributed by atoms with Gasteiger partial charge in [0.25, 0.3) is 0 Å². The summed E-state index contributed by atoms with van der Waals surface area (Å²) in [7, 11) is 0. The fraction of sp³-hybridized carbons (Fsp3) is 0.381. The molecule has 0 saturated heterocycles. The first-order valence-corrected chi connectivity index (χ1v) is 8.48. The number of nitrogens with one attached hydrogen (secondary N) is 2. The zero-order chi connectivity index (χ0) is 17.7. The van der Waals surface area contributed by atoms with Gasteiger partial charge in [-0.2, -0.15) is 0 Å². The molecule has 0 aromatic heterocycles. The third-order valence-corrected chi connectivity index (χ3v) is 4.17. The molecule has 0 aliphatic heterocycles. The standard InChI is InChI=1S/C21H28N2O/c1-15-7-6-8-16(2)20(15)22-14-13-19(24)23-18-11-9-17(10-12-18)21(3,4)5/h6-12,22H,13-14H2,1-5H3,(H,23,24). The summed E-state index contributed by atoms with van der Waals surface area (Å²) >= 11 is 0. The van der Waals surface area contributed by atoms with Gasteiger partial charge in [-0.05, 0) is 48.1 Å². The summed E-state index contributed by atoms with van der Waals surface area (Å²) in [5.74, 6) is 0.0252. The van der Waals surface area contributed by atoms with Gasteiger partial charge >= 0.3 is 0 Å². The molecule has 2 rings (SSSR count). The number of benzene rings is 2. The van der Waals surface area contributed by atoms with E-state index >= 15 is 0 Å². The van der Waals surface area contributed by atoms with E-state index in [9.17, 15) is 4.79 Å². The summed E-state index contributed by atoms with van der Waals surface area (Å²) in [4.78, 5) is 12.1. The molecule has 2 aromatic carbocycles. The molecule has 0 aliphatic carbocycles. The van der Waals surface area contributed by atoms with E-state index in [-0.39, 0.29) is 11.3 Å². The number of aryl methyl sites for hydroxylation is 2. The number of hydrogen-bond acceptors (Lipinski definition) is 2. The molecule has 2 N–H and O–H groups in total. The topological polar surface area (TPSA) is 41.1 Å². The van der Waals surface area contributed by atoms with Gasteiger partial charge in [0.2, 0.25) is 5.91 Å². The Labute approximate surface area is 145 Å². The molecule has 0 saturated carbocycles. The first-order chi connectivity index (χ1) is 11.3. The SMILES string of the molecule is Cc1cccc(C)c1NCCC(=O)Nc1ccc(C(C)(C)C)cc1. The number of anilines is 2. The van der Waals surface area contributed by atoms with Crippen LogP contribution in [0.1, 0.15) is 43.9 Å². The van der Waals surface area contributed by atoms with E-state index in [0.29, 0.717) is 13.0 Å². The monoisotopic (exact) mass is 324 g/mol. The highest BCUT2D eigenvalue weighted by atomic mass is 16.1. The van der Waals surface area contributed by atoms with Crippen molar-refractivity contribution in [1.29, 1.82) is 0 Å². The lowest BCUT2D eigenvalue weighted by atomic mass is 9.87. The molecular formula is C21H28N2O. The zero-order valence-corrected chi connectivity index (χ0v) is 15.4. The quantitative estimate of drug-likeness (QED) is 0.809. The smallest absolute Gasteiger partial charge is 0.226 e. The highest BCUT2D eigenvalue weighted by molar-refractivity contribution is 5.91. The van der Waals surface area contributed by atoms with Crippen LogP contribution in [0.15, 0.2) is 42.5 Å². The Morgan fingerprint density at radius 1 is 0.958 bits per heavy atom. The van der Waals surface area contributed by atoms with Crippen molar-refractivity contribution in [3.8, 4) is 0 Å². The maximum Gasteiger partial charge on any atom is 0.226 e. The van der Waals surface area contributed by atoms with Crippen molar-refractivity contribution in [2.45, 2.75) is 46.5 Å². The lowest BCUT2D eigenvalue weighted by molar-refractivity contribution is -0.115. The molecule has 3 nitrogen and oxygen atoms in total. The van der Waals surface area contributed by atoms with Crippen LogP contribution >= 0.6 is 0 Å². The van der Waals surface area contributed by atoms with Crippen molar-refractivity contribution in [1.82, 2.24) is 0 Å². The van der Waals surface area contributed by atoms with Crippen molar-refractivity contribution in [2.75, 3.05) is 17.2 Å². The van der Waals surface area contributed by atoms with E-state index in [1.807, 2.05) is 18.2 Å². The summed E-state index contributed by atoms with van der Waals surface area (Å²) in [5, 5.41) is 6.32. The largest absolute Gasteiger partial charge is 0.384 e. The molecule has 0 spiro atoms. The number of para-hydroxylation sites is 1. The summed E-state index contributed by atoms with van der Waals surface area (Å²) in [6.07, 6.45) is 0.439. The predicted octanol–water partition coefficient (Wildman–Crippen LogP) is 5.04. The second kappa shape index (κ2) is 7.52. The molecule has 0 radical (unpaired) electrons. The molecule has 0 aliphatic rings. The first kappa shape index (κ1) is 18.1. The number of amides is 1. The molecule has 2 aromatic rings. The number of carbonyl (C=O) groups excluding carboxylic acids is 1. The van der Waals surface area contributed by atoms with Gasteiger partial charge in [-0.3, -0.25) is 4.79 Å². The molecule has 0 heterocycles. The van der Waals surface area contributed by atoms with Crippen LogP contribution in [0.25, 0.3) is 0 Å². The molecule has 24 heavy (non-hydrogen) atoms. The van der Waals surface area contributed by atoms with E-state index in [1.54, 1.807) is 0 Å². The molecule has 0 fully saturated rings. The highest BCUT2D eigenvalue weighted by Crippen LogP contribution is 2.23. The van der Waals surface area contributed by atoms with E-state index in [1.165, 1.54) is 16.7 Å². The Kier molecular flexibility index (Phi) is 5.66. The molecule has 128 valence electrons. The normalized spacial score (nSPS) is 11.2. The van der Waals surface area contributed by atoms with Crippen LogP contribution in [0, 0.1) is 13.8 Å².